The number of nitrogens with one attached hydrogen (secondary N) is 1. The first-order valence-electron chi connectivity index (χ1n) is 6.43. The van der Waals surface area contributed by atoms with Crippen LogP contribution in [0.25, 0.3) is 6.08 Å². The highest BCUT2D eigenvalue weighted by Crippen LogP contribution is 2.19. The minimum Gasteiger partial charge on any atom is -0.321 e. The maximum absolute atomic E-state index is 12.1. The summed E-state index contributed by atoms with van der Waals surface area (Å²) in [4.78, 5) is 22.1. The number of nitriles is 1. The standard InChI is InChI=1S/C16H10ClN3O3/c17-15-4-2-1-3-11(15)9-12(10-18)16(21)19-13-5-7-14(8-6-13)20(22)23/h1-9H,(H,19,21). The maximum atomic E-state index is 12.1. The molecule has 0 unspecified atom stereocenters. The fraction of sp³-hybridized carbons (Fsp3) is 0. The predicted octanol–water partition coefficient (Wildman–Crippen LogP) is 3.79. The smallest absolute Gasteiger partial charge is 0.269 e. The lowest BCUT2D eigenvalue weighted by Crippen LogP contribution is -2.13. The second kappa shape index (κ2) is 7.20. The molecule has 0 saturated carbocycles. The minimum atomic E-state index is -0.624. The van der Waals surface area contributed by atoms with Gasteiger partial charge in [0.2, 0.25) is 0 Å². The lowest BCUT2D eigenvalue weighted by Gasteiger charge is -2.04. The molecule has 23 heavy (non-hydrogen) atoms. The molecule has 0 aromatic heterocycles. The highest BCUT2D eigenvalue weighted by Gasteiger charge is 2.11. The monoisotopic (exact) mass is 327 g/mol. The second-order valence-electron chi connectivity index (χ2n) is 4.45. The zero-order chi connectivity index (χ0) is 16.8. The first-order valence-corrected chi connectivity index (χ1v) is 6.81. The molecule has 1 amide bonds. The number of nitro groups is 1. The number of amides is 1. The summed E-state index contributed by atoms with van der Waals surface area (Å²) in [7, 11) is 0. The molecular weight excluding hydrogens is 318 g/mol. The average Bonchev–Trinajstić information content (AvgIpc) is 2.54. The van der Waals surface area contributed by atoms with E-state index in [0.29, 0.717) is 16.3 Å². The normalized spacial score (nSPS) is 10.7. The Kier molecular flexibility index (Phi) is 5.07. The molecule has 0 radical (unpaired) electrons. The highest BCUT2D eigenvalue weighted by molar-refractivity contribution is 6.32. The summed E-state index contributed by atoms with van der Waals surface area (Å²) < 4.78 is 0. The number of non-ortho nitro benzene ring substituents is 1. The fourth-order valence-corrected chi connectivity index (χ4v) is 1.95. The van der Waals surface area contributed by atoms with Crippen molar-refractivity contribution in [2.75, 3.05) is 5.32 Å². The zero-order valence-electron chi connectivity index (χ0n) is 11.7. The summed E-state index contributed by atoms with van der Waals surface area (Å²) in [5.41, 5.74) is 0.678. The summed E-state index contributed by atoms with van der Waals surface area (Å²) in [5.74, 6) is -0.624. The quantitative estimate of drug-likeness (QED) is 0.400. The Labute approximate surface area is 136 Å². The van der Waals surface area contributed by atoms with Crippen molar-refractivity contribution in [2.24, 2.45) is 0 Å². The Bertz CT molecular complexity index is 823. The summed E-state index contributed by atoms with van der Waals surface area (Å²) in [6, 6.07) is 13.9. The first kappa shape index (κ1) is 16.2. The fourth-order valence-electron chi connectivity index (χ4n) is 1.76. The van der Waals surface area contributed by atoms with Gasteiger partial charge in [0.05, 0.1) is 4.92 Å². The lowest BCUT2D eigenvalue weighted by molar-refractivity contribution is -0.384. The molecule has 2 rings (SSSR count). The third-order valence-electron chi connectivity index (χ3n) is 2.91. The van der Waals surface area contributed by atoms with Crippen LogP contribution in [0.1, 0.15) is 5.56 Å². The van der Waals surface area contributed by atoms with E-state index in [1.807, 2.05) is 6.07 Å². The number of nitro benzene ring substituents is 1. The molecule has 7 heteroatoms. The van der Waals surface area contributed by atoms with Gasteiger partial charge < -0.3 is 5.32 Å². The van der Waals surface area contributed by atoms with Crippen LogP contribution in [0.3, 0.4) is 0 Å². The molecule has 2 aromatic rings. The summed E-state index contributed by atoms with van der Waals surface area (Å²) in [6.07, 6.45) is 1.38. The largest absolute Gasteiger partial charge is 0.321 e. The van der Waals surface area contributed by atoms with Crippen LogP contribution in [-0.4, -0.2) is 10.8 Å². The number of carbonyl (C=O) groups excluding carboxylic acids is 1. The van der Waals surface area contributed by atoms with E-state index >= 15 is 0 Å². The molecule has 0 aliphatic heterocycles. The Morgan fingerprint density at radius 3 is 2.43 bits per heavy atom. The molecule has 1 N–H and O–H groups in total. The van der Waals surface area contributed by atoms with E-state index in [9.17, 15) is 14.9 Å². The van der Waals surface area contributed by atoms with Crippen molar-refractivity contribution in [3.8, 4) is 6.07 Å². The number of carbonyl (C=O) groups is 1. The van der Waals surface area contributed by atoms with E-state index in [1.165, 1.54) is 30.3 Å². The number of hydrogen-bond donors (Lipinski definition) is 1. The summed E-state index contributed by atoms with van der Waals surface area (Å²) >= 11 is 5.99. The van der Waals surface area contributed by atoms with Crippen LogP contribution in [0.2, 0.25) is 5.02 Å². The van der Waals surface area contributed by atoms with Crippen LogP contribution < -0.4 is 5.32 Å². The van der Waals surface area contributed by atoms with Gasteiger partial charge in [-0.1, -0.05) is 29.8 Å². The molecule has 0 bridgehead atoms. The molecule has 0 aliphatic rings. The molecular formula is C16H10ClN3O3. The maximum Gasteiger partial charge on any atom is 0.269 e. The van der Waals surface area contributed by atoms with Crippen LogP contribution in [0.15, 0.2) is 54.1 Å². The van der Waals surface area contributed by atoms with E-state index in [1.54, 1.807) is 24.3 Å². The molecule has 0 atom stereocenters. The number of anilines is 1. The van der Waals surface area contributed by atoms with Crippen LogP contribution in [0.4, 0.5) is 11.4 Å². The van der Waals surface area contributed by atoms with E-state index in [0.717, 1.165) is 0 Å². The van der Waals surface area contributed by atoms with Gasteiger partial charge >= 0.3 is 0 Å². The Morgan fingerprint density at radius 2 is 1.87 bits per heavy atom. The second-order valence-corrected chi connectivity index (χ2v) is 4.86. The summed E-state index contributed by atoms with van der Waals surface area (Å²) in [5, 5.41) is 22.6. The van der Waals surface area contributed by atoms with Crippen molar-refractivity contribution in [1.82, 2.24) is 0 Å². The van der Waals surface area contributed by atoms with Gasteiger partial charge in [-0.05, 0) is 29.8 Å². The van der Waals surface area contributed by atoms with Crippen molar-refractivity contribution in [3.63, 3.8) is 0 Å². The molecule has 0 aliphatic carbocycles. The number of halogens is 1. The van der Waals surface area contributed by atoms with Gasteiger partial charge in [-0.15, -0.1) is 0 Å². The molecule has 0 saturated heterocycles. The van der Waals surface area contributed by atoms with Crippen molar-refractivity contribution in [3.05, 3.63) is 74.8 Å². The lowest BCUT2D eigenvalue weighted by atomic mass is 10.1. The van der Waals surface area contributed by atoms with Gasteiger partial charge in [-0.2, -0.15) is 5.26 Å². The Balaban J connectivity index is 2.19. The van der Waals surface area contributed by atoms with Crippen LogP contribution in [-0.2, 0) is 4.79 Å². The SMILES string of the molecule is N#CC(=Cc1ccccc1Cl)C(=O)Nc1ccc([N+](=O)[O-])cc1. The molecule has 6 nitrogen and oxygen atoms in total. The minimum absolute atomic E-state index is 0.0879. The summed E-state index contributed by atoms with van der Waals surface area (Å²) in [6.45, 7) is 0. The van der Waals surface area contributed by atoms with Crippen molar-refractivity contribution in [2.45, 2.75) is 0 Å². The molecule has 0 spiro atoms. The Hall–Kier alpha value is -3.17. The van der Waals surface area contributed by atoms with Crippen molar-refractivity contribution in [1.29, 1.82) is 5.26 Å². The molecule has 0 fully saturated rings. The van der Waals surface area contributed by atoms with Crippen LogP contribution in [0.5, 0.6) is 0 Å². The van der Waals surface area contributed by atoms with Gasteiger partial charge in [-0.25, -0.2) is 0 Å². The van der Waals surface area contributed by atoms with Gasteiger partial charge in [0.25, 0.3) is 11.6 Å². The number of nitrogens with zero attached hydrogens (tertiary/aromatic N) is 2. The molecule has 114 valence electrons. The Morgan fingerprint density at radius 1 is 1.22 bits per heavy atom. The van der Waals surface area contributed by atoms with Gasteiger partial charge in [-0.3, -0.25) is 14.9 Å². The topological polar surface area (TPSA) is 96.0 Å². The third kappa shape index (κ3) is 4.15. The van der Waals surface area contributed by atoms with E-state index in [2.05, 4.69) is 5.32 Å². The number of hydrogen-bond acceptors (Lipinski definition) is 4. The van der Waals surface area contributed by atoms with Gasteiger partial charge in [0.15, 0.2) is 0 Å². The van der Waals surface area contributed by atoms with Crippen molar-refractivity contribution >= 4 is 35.0 Å². The van der Waals surface area contributed by atoms with Crippen molar-refractivity contribution < 1.29 is 9.72 Å². The predicted molar refractivity (Wildman–Crippen MR) is 86.8 cm³/mol. The number of rotatable bonds is 4. The van der Waals surface area contributed by atoms with E-state index in [-0.39, 0.29) is 11.3 Å². The van der Waals surface area contributed by atoms with Crippen LogP contribution >= 0.6 is 11.6 Å². The van der Waals surface area contributed by atoms with E-state index in [4.69, 9.17) is 16.9 Å². The first-order chi connectivity index (χ1) is 11.0. The molecule has 2 aromatic carbocycles. The number of benzene rings is 2. The van der Waals surface area contributed by atoms with Gasteiger partial charge in [0.1, 0.15) is 11.6 Å². The van der Waals surface area contributed by atoms with Gasteiger partial charge in [0, 0.05) is 22.8 Å². The van der Waals surface area contributed by atoms with Crippen LogP contribution in [0, 0.1) is 21.4 Å². The molecule has 0 heterocycles. The van der Waals surface area contributed by atoms with E-state index < -0.39 is 10.8 Å². The third-order valence-corrected chi connectivity index (χ3v) is 3.25. The average molecular weight is 328 g/mol. The zero-order valence-corrected chi connectivity index (χ0v) is 12.4. The highest BCUT2D eigenvalue weighted by atomic mass is 35.5.